The Morgan fingerprint density at radius 1 is 1.47 bits per heavy atom. The summed E-state index contributed by atoms with van der Waals surface area (Å²) < 4.78 is 5.19. The van der Waals surface area contributed by atoms with Crippen molar-refractivity contribution in [1.82, 2.24) is 4.98 Å². The van der Waals surface area contributed by atoms with Crippen molar-refractivity contribution in [3.63, 3.8) is 0 Å². The maximum atomic E-state index is 11.6. The van der Waals surface area contributed by atoms with Gasteiger partial charge in [-0.1, -0.05) is 0 Å². The fraction of sp³-hybridized carbons (Fsp3) is 0.455. The van der Waals surface area contributed by atoms with E-state index < -0.39 is 5.60 Å². The minimum Gasteiger partial charge on any atom is -0.456 e. The van der Waals surface area contributed by atoms with Gasteiger partial charge in [0.1, 0.15) is 5.60 Å². The Kier molecular flexibility index (Phi) is 3.42. The minimum atomic E-state index is -0.483. The third-order valence-corrected chi connectivity index (χ3v) is 1.67. The largest absolute Gasteiger partial charge is 0.456 e. The predicted molar refractivity (Wildman–Crippen MR) is 57.3 cm³/mol. The number of nitrogens with two attached hydrogens (primary N) is 1. The maximum Gasteiger partial charge on any atom is 0.340 e. The second-order valence-corrected chi connectivity index (χ2v) is 4.24. The summed E-state index contributed by atoms with van der Waals surface area (Å²) in [7, 11) is 0. The third kappa shape index (κ3) is 3.67. The van der Waals surface area contributed by atoms with Crippen LogP contribution in [0.3, 0.4) is 0 Å². The van der Waals surface area contributed by atoms with Gasteiger partial charge in [0.2, 0.25) is 0 Å². The van der Waals surface area contributed by atoms with E-state index in [1.807, 2.05) is 20.8 Å². The fourth-order valence-corrected chi connectivity index (χ4v) is 1.00. The molecule has 1 aromatic heterocycles. The van der Waals surface area contributed by atoms with Crippen molar-refractivity contribution >= 4 is 5.97 Å². The van der Waals surface area contributed by atoms with Crippen LogP contribution in [0.4, 0.5) is 0 Å². The summed E-state index contributed by atoms with van der Waals surface area (Å²) >= 11 is 0. The van der Waals surface area contributed by atoms with E-state index in [0.29, 0.717) is 12.1 Å². The molecule has 0 amide bonds. The summed E-state index contributed by atoms with van der Waals surface area (Å²) in [6, 6.07) is 3.39. The fourth-order valence-electron chi connectivity index (χ4n) is 1.00. The quantitative estimate of drug-likeness (QED) is 0.748. The van der Waals surface area contributed by atoms with Crippen LogP contribution in [0.15, 0.2) is 18.3 Å². The highest BCUT2D eigenvalue weighted by molar-refractivity contribution is 5.89. The van der Waals surface area contributed by atoms with Gasteiger partial charge in [-0.05, 0) is 32.9 Å². The van der Waals surface area contributed by atoms with Crippen molar-refractivity contribution in [2.75, 3.05) is 0 Å². The molecule has 2 N–H and O–H groups in total. The number of carbonyl (C=O) groups is 1. The molecule has 0 bridgehead atoms. The molecule has 0 aliphatic carbocycles. The Labute approximate surface area is 89.5 Å². The normalized spacial score (nSPS) is 11.2. The number of aromatic nitrogens is 1. The van der Waals surface area contributed by atoms with Crippen molar-refractivity contribution in [2.45, 2.75) is 32.9 Å². The van der Waals surface area contributed by atoms with Gasteiger partial charge in [-0.2, -0.15) is 0 Å². The van der Waals surface area contributed by atoms with E-state index in [1.54, 1.807) is 12.1 Å². The van der Waals surface area contributed by atoms with Gasteiger partial charge in [-0.25, -0.2) is 4.79 Å². The summed E-state index contributed by atoms with van der Waals surface area (Å²) in [5.41, 5.74) is 6.12. The molecule has 1 aromatic rings. The molecule has 0 saturated carbocycles. The number of hydrogen-bond acceptors (Lipinski definition) is 4. The monoisotopic (exact) mass is 208 g/mol. The first-order chi connectivity index (χ1) is 6.92. The molecule has 82 valence electrons. The number of pyridine rings is 1. The zero-order valence-corrected chi connectivity index (χ0v) is 9.28. The van der Waals surface area contributed by atoms with Crippen LogP contribution < -0.4 is 5.73 Å². The molecule has 4 nitrogen and oxygen atoms in total. The Morgan fingerprint density at radius 3 is 2.53 bits per heavy atom. The molecule has 0 atom stereocenters. The van der Waals surface area contributed by atoms with Gasteiger partial charge in [0.15, 0.2) is 0 Å². The number of esters is 1. The molecular weight excluding hydrogens is 192 g/mol. The van der Waals surface area contributed by atoms with Gasteiger partial charge < -0.3 is 10.5 Å². The molecule has 0 radical (unpaired) electrons. The molecule has 0 aromatic carbocycles. The average Bonchev–Trinajstić information content (AvgIpc) is 2.15. The van der Waals surface area contributed by atoms with E-state index in [1.165, 1.54) is 6.20 Å². The van der Waals surface area contributed by atoms with E-state index in [2.05, 4.69) is 4.98 Å². The number of hydrogen-bond donors (Lipinski definition) is 1. The lowest BCUT2D eigenvalue weighted by atomic mass is 10.2. The molecule has 0 unspecified atom stereocenters. The van der Waals surface area contributed by atoms with Gasteiger partial charge in [0, 0.05) is 12.7 Å². The first-order valence-electron chi connectivity index (χ1n) is 4.81. The minimum absolute atomic E-state index is 0.362. The molecule has 1 rings (SSSR count). The molecule has 0 aliphatic heterocycles. The lowest BCUT2D eigenvalue weighted by molar-refractivity contribution is 0.00691. The van der Waals surface area contributed by atoms with Crippen molar-refractivity contribution in [3.8, 4) is 0 Å². The molecule has 4 heteroatoms. The van der Waals surface area contributed by atoms with Gasteiger partial charge >= 0.3 is 5.97 Å². The highest BCUT2D eigenvalue weighted by Gasteiger charge is 2.17. The first kappa shape index (κ1) is 11.7. The van der Waals surface area contributed by atoms with Gasteiger partial charge in [-0.15, -0.1) is 0 Å². The Hall–Kier alpha value is -1.42. The Morgan fingerprint density at radius 2 is 2.13 bits per heavy atom. The van der Waals surface area contributed by atoms with E-state index in [-0.39, 0.29) is 5.97 Å². The zero-order valence-electron chi connectivity index (χ0n) is 9.28. The molecule has 1 heterocycles. The number of nitrogens with zero attached hydrogens (tertiary/aromatic N) is 1. The predicted octanol–water partition coefficient (Wildman–Crippen LogP) is 1.50. The Balaban J connectivity index is 2.75. The zero-order chi connectivity index (χ0) is 11.5. The summed E-state index contributed by atoms with van der Waals surface area (Å²) in [4.78, 5) is 15.6. The summed E-state index contributed by atoms with van der Waals surface area (Å²) in [5.74, 6) is -0.362. The van der Waals surface area contributed by atoms with Gasteiger partial charge in [0.05, 0.1) is 11.3 Å². The summed E-state index contributed by atoms with van der Waals surface area (Å²) in [5, 5.41) is 0. The van der Waals surface area contributed by atoms with Crippen molar-refractivity contribution in [1.29, 1.82) is 0 Å². The average molecular weight is 208 g/mol. The van der Waals surface area contributed by atoms with Crippen LogP contribution in [0.5, 0.6) is 0 Å². The van der Waals surface area contributed by atoms with E-state index in [0.717, 1.165) is 5.69 Å². The number of ether oxygens (including phenoxy) is 1. The highest BCUT2D eigenvalue weighted by Crippen LogP contribution is 2.11. The molecule has 0 saturated heterocycles. The van der Waals surface area contributed by atoms with Crippen LogP contribution in [-0.2, 0) is 11.3 Å². The first-order valence-corrected chi connectivity index (χ1v) is 4.81. The van der Waals surface area contributed by atoms with Crippen molar-refractivity contribution < 1.29 is 9.53 Å². The lowest BCUT2D eigenvalue weighted by Gasteiger charge is -2.19. The van der Waals surface area contributed by atoms with Crippen LogP contribution in [0, 0.1) is 0 Å². The van der Waals surface area contributed by atoms with E-state index >= 15 is 0 Å². The van der Waals surface area contributed by atoms with Crippen LogP contribution in [0.25, 0.3) is 0 Å². The number of carbonyl (C=O) groups excluding carboxylic acids is 1. The second-order valence-electron chi connectivity index (χ2n) is 4.24. The van der Waals surface area contributed by atoms with E-state index in [9.17, 15) is 4.79 Å². The summed E-state index contributed by atoms with van der Waals surface area (Å²) in [6.45, 7) is 5.85. The van der Waals surface area contributed by atoms with Crippen LogP contribution >= 0.6 is 0 Å². The molecule has 0 fully saturated rings. The van der Waals surface area contributed by atoms with Gasteiger partial charge in [-0.3, -0.25) is 4.98 Å². The van der Waals surface area contributed by atoms with Crippen LogP contribution in [0.1, 0.15) is 36.8 Å². The topological polar surface area (TPSA) is 65.2 Å². The van der Waals surface area contributed by atoms with Crippen molar-refractivity contribution in [3.05, 3.63) is 29.6 Å². The van der Waals surface area contributed by atoms with Crippen LogP contribution in [0.2, 0.25) is 0 Å². The lowest BCUT2D eigenvalue weighted by Crippen LogP contribution is -2.24. The third-order valence-electron chi connectivity index (χ3n) is 1.67. The molecular formula is C11H16N2O2. The molecule has 0 spiro atoms. The van der Waals surface area contributed by atoms with E-state index in [4.69, 9.17) is 10.5 Å². The summed E-state index contributed by atoms with van der Waals surface area (Å²) in [6.07, 6.45) is 1.48. The van der Waals surface area contributed by atoms with Crippen molar-refractivity contribution in [2.24, 2.45) is 5.73 Å². The number of rotatable bonds is 2. The highest BCUT2D eigenvalue weighted by atomic mass is 16.6. The molecule has 15 heavy (non-hydrogen) atoms. The van der Waals surface area contributed by atoms with Gasteiger partial charge in [0.25, 0.3) is 0 Å². The van der Waals surface area contributed by atoms with Crippen LogP contribution in [-0.4, -0.2) is 16.6 Å². The SMILES string of the molecule is CC(C)(C)OC(=O)c1ccc(CN)nc1. The maximum absolute atomic E-state index is 11.6. The second kappa shape index (κ2) is 4.40. The molecule has 0 aliphatic rings. The Bertz CT molecular complexity index is 339. The standard InChI is InChI=1S/C11H16N2O2/c1-11(2,3)15-10(14)8-4-5-9(6-12)13-7-8/h4-5,7H,6,12H2,1-3H3. The smallest absolute Gasteiger partial charge is 0.340 e.